The van der Waals surface area contributed by atoms with Crippen LogP contribution in [0.15, 0.2) is 95.4 Å². The molecule has 2 heterocycles. The standard InChI is InChI=1S/C29H24N2O/c1-29(2,3)22-14-5-7-16-24(22)31-25-17-8-6-15-23(25)30-28(31)21-13-10-12-20-19-11-4-9-18-26(19)32-27(20)21/h4-18H,1-3H3. The number of benzene rings is 4. The van der Waals surface area contributed by atoms with Gasteiger partial charge in [0.1, 0.15) is 17.0 Å². The van der Waals surface area contributed by atoms with Gasteiger partial charge in [0.15, 0.2) is 0 Å². The molecule has 2 aromatic heterocycles. The highest BCUT2D eigenvalue weighted by atomic mass is 16.3. The molecule has 0 spiro atoms. The van der Waals surface area contributed by atoms with Gasteiger partial charge in [-0.05, 0) is 41.3 Å². The number of aromatic nitrogens is 2. The molecule has 0 aliphatic heterocycles. The first-order chi connectivity index (χ1) is 15.5. The van der Waals surface area contributed by atoms with Crippen molar-refractivity contribution in [3.05, 3.63) is 96.6 Å². The van der Waals surface area contributed by atoms with Crippen molar-refractivity contribution in [3.63, 3.8) is 0 Å². The molecule has 3 heteroatoms. The Balaban J connectivity index is 1.74. The Bertz CT molecular complexity index is 1610. The van der Waals surface area contributed by atoms with E-state index >= 15 is 0 Å². The van der Waals surface area contributed by atoms with E-state index in [9.17, 15) is 0 Å². The molecule has 4 aromatic carbocycles. The minimum Gasteiger partial charge on any atom is -0.455 e. The van der Waals surface area contributed by atoms with Crippen LogP contribution in [0.25, 0.3) is 50.0 Å². The van der Waals surface area contributed by atoms with Crippen molar-refractivity contribution in [2.75, 3.05) is 0 Å². The fourth-order valence-electron chi connectivity index (χ4n) is 4.68. The summed E-state index contributed by atoms with van der Waals surface area (Å²) < 4.78 is 8.66. The molecule has 0 bridgehead atoms. The maximum absolute atomic E-state index is 6.37. The fraction of sp³-hybridized carbons (Fsp3) is 0.138. The zero-order chi connectivity index (χ0) is 21.9. The van der Waals surface area contributed by atoms with E-state index in [2.05, 4.69) is 98.1 Å². The summed E-state index contributed by atoms with van der Waals surface area (Å²) in [5.74, 6) is 0.896. The van der Waals surface area contributed by atoms with Crippen LogP contribution in [0.5, 0.6) is 0 Å². The van der Waals surface area contributed by atoms with E-state index in [0.717, 1.165) is 50.0 Å². The smallest absolute Gasteiger partial charge is 0.149 e. The van der Waals surface area contributed by atoms with Crippen molar-refractivity contribution in [1.29, 1.82) is 0 Å². The van der Waals surface area contributed by atoms with Gasteiger partial charge in [0.25, 0.3) is 0 Å². The van der Waals surface area contributed by atoms with Crippen molar-refractivity contribution in [3.8, 4) is 17.1 Å². The van der Waals surface area contributed by atoms with E-state index in [1.165, 1.54) is 5.56 Å². The van der Waals surface area contributed by atoms with Crippen LogP contribution in [0, 0.1) is 0 Å². The molecule has 6 rings (SSSR count). The van der Waals surface area contributed by atoms with Gasteiger partial charge in [-0.1, -0.05) is 81.4 Å². The second-order valence-corrected chi connectivity index (χ2v) is 9.31. The zero-order valence-electron chi connectivity index (χ0n) is 18.5. The Morgan fingerprint density at radius 2 is 1.44 bits per heavy atom. The van der Waals surface area contributed by atoms with Gasteiger partial charge >= 0.3 is 0 Å². The summed E-state index contributed by atoms with van der Waals surface area (Å²) in [6.45, 7) is 6.76. The molecule has 0 saturated heterocycles. The summed E-state index contributed by atoms with van der Waals surface area (Å²) in [4.78, 5) is 5.11. The van der Waals surface area contributed by atoms with E-state index in [1.807, 2.05) is 18.2 Å². The highest BCUT2D eigenvalue weighted by Gasteiger charge is 2.24. The summed E-state index contributed by atoms with van der Waals surface area (Å²) in [6.07, 6.45) is 0. The molecule has 0 aliphatic carbocycles. The Morgan fingerprint density at radius 3 is 2.31 bits per heavy atom. The van der Waals surface area contributed by atoms with E-state index < -0.39 is 0 Å². The molecule has 0 unspecified atom stereocenters. The maximum atomic E-state index is 6.37. The van der Waals surface area contributed by atoms with Gasteiger partial charge < -0.3 is 4.42 Å². The summed E-state index contributed by atoms with van der Waals surface area (Å²) in [6, 6.07) is 31.5. The number of imidazole rings is 1. The van der Waals surface area contributed by atoms with E-state index in [-0.39, 0.29) is 5.41 Å². The lowest BCUT2D eigenvalue weighted by Gasteiger charge is -2.24. The number of hydrogen-bond donors (Lipinski definition) is 0. The number of rotatable bonds is 2. The number of para-hydroxylation sites is 5. The summed E-state index contributed by atoms with van der Waals surface area (Å²) in [5, 5.41) is 2.24. The molecule has 0 atom stereocenters. The molecule has 156 valence electrons. The fourth-order valence-corrected chi connectivity index (χ4v) is 4.68. The zero-order valence-corrected chi connectivity index (χ0v) is 18.5. The minimum atomic E-state index is -0.00932. The van der Waals surface area contributed by atoms with Gasteiger partial charge in [0.2, 0.25) is 0 Å². The Kier molecular flexibility index (Phi) is 4.03. The SMILES string of the molecule is CC(C)(C)c1ccccc1-n1c(-c2cccc3c2oc2ccccc23)nc2ccccc21. The molecule has 0 N–H and O–H groups in total. The van der Waals surface area contributed by atoms with Crippen molar-refractivity contribution in [1.82, 2.24) is 9.55 Å². The highest BCUT2D eigenvalue weighted by molar-refractivity contribution is 6.09. The molecular formula is C29H24N2O. The van der Waals surface area contributed by atoms with E-state index in [1.54, 1.807) is 0 Å². The van der Waals surface area contributed by atoms with Gasteiger partial charge in [-0.3, -0.25) is 4.57 Å². The van der Waals surface area contributed by atoms with Gasteiger partial charge in [-0.2, -0.15) is 0 Å². The Labute approximate surface area is 186 Å². The molecule has 0 radical (unpaired) electrons. The lowest BCUT2D eigenvalue weighted by molar-refractivity contribution is 0.587. The first kappa shape index (κ1) is 18.9. The number of hydrogen-bond acceptors (Lipinski definition) is 2. The minimum absolute atomic E-state index is 0.00932. The van der Waals surface area contributed by atoms with Gasteiger partial charge in [-0.15, -0.1) is 0 Å². The quantitative estimate of drug-likeness (QED) is 0.287. The predicted molar refractivity (Wildman–Crippen MR) is 132 cm³/mol. The molecule has 0 aliphatic rings. The number of nitrogens with zero attached hydrogens (tertiary/aromatic N) is 2. The first-order valence-corrected chi connectivity index (χ1v) is 11.0. The molecule has 3 nitrogen and oxygen atoms in total. The van der Waals surface area contributed by atoms with Crippen LogP contribution < -0.4 is 0 Å². The monoisotopic (exact) mass is 416 g/mol. The number of furan rings is 1. The summed E-state index contributed by atoms with van der Waals surface area (Å²) >= 11 is 0. The Hall–Kier alpha value is -3.85. The molecule has 0 saturated carbocycles. The van der Waals surface area contributed by atoms with Crippen molar-refractivity contribution in [2.24, 2.45) is 0 Å². The van der Waals surface area contributed by atoms with Crippen molar-refractivity contribution >= 4 is 33.0 Å². The summed E-state index contributed by atoms with van der Waals surface area (Å²) in [5.41, 5.74) is 7.25. The van der Waals surface area contributed by atoms with Crippen LogP contribution in [0.1, 0.15) is 26.3 Å². The third-order valence-corrected chi connectivity index (χ3v) is 6.16. The molecule has 0 fully saturated rings. The second kappa shape index (κ2) is 6.83. The van der Waals surface area contributed by atoms with Gasteiger partial charge in [-0.25, -0.2) is 4.98 Å². The molecular weight excluding hydrogens is 392 g/mol. The second-order valence-electron chi connectivity index (χ2n) is 9.31. The van der Waals surface area contributed by atoms with E-state index in [0.29, 0.717) is 0 Å². The van der Waals surface area contributed by atoms with Gasteiger partial charge in [0.05, 0.1) is 22.3 Å². The normalized spacial score (nSPS) is 12.2. The lowest BCUT2D eigenvalue weighted by Crippen LogP contribution is -2.15. The van der Waals surface area contributed by atoms with Crippen LogP contribution in [0.3, 0.4) is 0 Å². The molecule has 32 heavy (non-hydrogen) atoms. The van der Waals surface area contributed by atoms with Crippen LogP contribution in [0.2, 0.25) is 0 Å². The average molecular weight is 417 g/mol. The number of fused-ring (bicyclic) bond motifs is 4. The average Bonchev–Trinajstić information content (AvgIpc) is 3.37. The summed E-state index contributed by atoms with van der Waals surface area (Å²) in [7, 11) is 0. The van der Waals surface area contributed by atoms with E-state index in [4.69, 9.17) is 9.40 Å². The van der Waals surface area contributed by atoms with Crippen LogP contribution in [-0.2, 0) is 5.41 Å². The third kappa shape index (κ3) is 2.78. The van der Waals surface area contributed by atoms with Crippen molar-refractivity contribution < 1.29 is 4.42 Å². The highest BCUT2D eigenvalue weighted by Crippen LogP contribution is 2.39. The first-order valence-electron chi connectivity index (χ1n) is 11.0. The third-order valence-electron chi connectivity index (χ3n) is 6.16. The maximum Gasteiger partial charge on any atom is 0.149 e. The largest absolute Gasteiger partial charge is 0.455 e. The predicted octanol–water partition coefficient (Wildman–Crippen LogP) is 7.89. The lowest BCUT2D eigenvalue weighted by atomic mass is 9.85. The van der Waals surface area contributed by atoms with Crippen LogP contribution in [-0.4, -0.2) is 9.55 Å². The Morgan fingerprint density at radius 1 is 0.719 bits per heavy atom. The molecule has 0 amide bonds. The van der Waals surface area contributed by atoms with Crippen LogP contribution >= 0.6 is 0 Å². The van der Waals surface area contributed by atoms with Gasteiger partial charge in [0, 0.05) is 10.8 Å². The molecule has 6 aromatic rings. The topological polar surface area (TPSA) is 31.0 Å². The van der Waals surface area contributed by atoms with Crippen LogP contribution in [0.4, 0.5) is 0 Å². The van der Waals surface area contributed by atoms with Crippen molar-refractivity contribution in [2.45, 2.75) is 26.2 Å².